The number of nitrogens with zero attached hydrogens (tertiary/aromatic N) is 6. The second kappa shape index (κ2) is 7.93. The van der Waals surface area contributed by atoms with E-state index in [1.165, 1.54) is 26.6 Å². The van der Waals surface area contributed by atoms with Gasteiger partial charge in [0.15, 0.2) is 0 Å². The molecule has 2 N–H and O–H groups in total. The van der Waals surface area contributed by atoms with E-state index >= 15 is 0 Å². The second-order valence-corrected chi connectivity index (χ2v) is 8.15. The SMILES string of the molecule is O=C(O)Cn1cc(-c2cccc(-c3nn4c(=O)cc(N5CCNCC5)nc4s3)c2)cn1. The van der Waals surface area contributed by atoms with Gasteiger partial charge in [-0.3, -0.25) is 14.3 Å². The van der Waals surface area contributed by atoms with Gasteiger partial charge in [0.25, 0.3) is 5.56 Å². The van der Waals surface area contributed by atoms with Crippen LogP contribution in [-0.4, -0.2) is 61.6 Å². The average molecular weight is 437 g/mol. The third-order valence-electron chi connectivity index (χ3n) is 5.05. The van der Waals surface area contributed by atoms with Gasteiger partial charge in [-0.05, 0) is 11.6 Å². The predicted octanol–water partition coefficient (Wildman–Crippen LogP) is 1.18. The minimum atomic E-state index is -0.948. The molecule has 158 valence electrons. The zero-order valence-corrected chi connectivity index (χ0v) is 17.2. The lowest BCUT2D eigenvalue weighted by Gasteiger charge is -2.27. The van der Waals surface area contributed by atoms with E-state index in [9.17, 15) is 9.59 Å². The summed E-state index contributed by atoms with van der Waals surface area (Å²) < 4.78 is 2.71. The summed E-state index contributed by atoms with van der Waals surface area (Å²) in [5, 5.41) is 21.5. The molecule has 0 spiro atoms. The van der Waals surface area contributed by atoms with Gasteiger partial charge in [-0.25, -0.2) is 4.98 Å². The summed E-state index contributed by atoms with van der Waals surface area (Å²) >= 11 is 1.36. The monoisotopic (exact) mass is 437 g/mol. The van der Waals surface area contributed by atoms with Gasteiger partial charge in [-0.15, -0.1) is 0 Å². The topological polar surface area (TPSA) is 118 Å². The van der Waals surface area contributed by atoms with Crippen LogP contribution in [0.25, 0.3) is 26.7 Å². The molecule has 0 radical (unpaired) electrons. The maximum atomic E-state index is 12.6. The Balaban J connectivity index is 1.48. The minimum Gasteiger partial charge on any atom is -0.480 e. The van der Waals surface area contributed by atoms with E-state index in [2.05, 4.69) is 25.4 Å². The van der Waals surface area contributed by atoms with Crippen molar-refractivity contribution in [2.75, 3.05) is 31.1 Å². The third-order valence-corrected chi connectivity index (χ3v) is 6.00. The number of aromatic nitrogens is 5. The molecular formula is C20H19N7O3S. The van der Waals surface area contributed by atoms with Crippen molar-refractivity contribution in [1.82, 2.24) is 29.7 Å². The maximum Gasteiger partial charge on any atom is 0.325 e. The number of piperazine rings is 1. The van der Waals surface area contributed by atoms with Crippen molar-refractivity contribution in [1.29, 1.82) is 0 Å². The fraction of sp³-hybridized carbons (Fsp3) is 0.250. The summed E-state index contributed by atoms with van der Waals surface area (Å²) in [4.78, 5) is 30.8. The van der Waals surface area contributed by atoms with Gasteiger partial charge in [0.05, 0.1) is 6.20 Å². The zero-order chi connectivity index (χ0) is 21.4. The number of aliphatic carboxylic acids is 1. The highest BCUT2D eigenvalue weighted by Gasteiger charge is 2.16. The highest BCUT2D eigenvalue weighted by atomic mass is 32.1. The molecule has 5 rings (SSSR count). The molecule has 1 aromatic carbocycles. The second-order valence-electron chi connectivity index (χ2n) is 7.19. The Kier molecular flexibility index (Phi) is 4.96. The van der Waals surface area contributed by atoms with Crippen molar-refractivity contribution < 1.29 is 9.90 Å². The fourth-order valence-corrected chi connectivity index (χ4v) is 4.44. The molecule has 0 bridgehead atoms. The molecule has 1 fully saturated rings. The van der Waals surface area contributed by atoms with Gasteiger partial charge in [-0.2, -0.15) is 14.7 Å². The van der Waals surface area contributed by atoms with Crippen molar-refractivity contribution in [2.24, 2.45) is 0 Å². The van der Waals surface area contributed by atoms with Crippen LogP contribution in [0.3, 0.4) is 0 Å². The molecule has 4 aromatic rings. The van der Waals surface area contributed by atoms with Crippen LogP contribution in [0.15, 0.2) is 47.5 Å². The summed E-state index contributed by atoms with van der Waals surface area (Å²) in [5.41, 5.74) is 2.34. The van der Waals surface area contributed by atoms with E-state index in [0.717, 1.165) is 42.9 Å². The van der Waals surface area contributed by atoms with Crippen molar-refractivity contribution in [2.45, 2.75) is 6.54 Å². The van der Waals surface area contributed by atoms with E-state index in [0.29, 0.717) is 15.8 Å². The summed E-state index contributed by atoms with van der Waals surface area (Å²) in [6, 6.07) is 9.22. The number of carboxylic acids is 1. The molecule has 10 nitrogen and oxygen atoms in total. The summed E-state index contributed by atoms with van der Waals surface area (Å²) in [5.74, 6) is -0.266. The Hall–Kier alpha value is -3.57. The van der Waals surface area contributed by atoms with E-state index in [-0.39, 0.29) is 12.1 Å². The number of carbonyl (C=O) groups is 1. The predicted molar refractivity (Wildman–Crippen MR) is 117 cm³/mol. The molecule has 0 atom stereocenters. The van der Waals surface area contributed by atoms with Gasteiger partial charge in [0, 0.05) is 49.6 Å². The van der Waals surface area contributed by atoms with Crippen LogP contribution in [0.5, 0.6) is 0 Å². The molecule has 31 heavy (non-hydrogen) atoms. The summed E-state index contributed by atoms with van der Waals surface area (Å²) in [6.45, 7) is 3.16. The van der Waals surface area contributed by atoms with Crippen LogP contribution in [0.1, 0.15) is 0 Å². The van der Waals surface area contributed by atoms with Crippen LogP contribution in [-0.2, 0) is 11.3 Å². The number of benzene rings is 1. The lowest BCUT2D eigenvalue weighted by molar-refractivity contribution is -0.137. The molecule has 1 aliphatic heterocycles. The van der Waals surface area contributed by atoms with Crippen LogP contribution >= 0.6 is 11.3 Å². The van der Waals surface area contributed by atoms with E-state index in [1.807, 2.05) is 24.3 Å². The first kappa shape index (κ1) is 19.4. The third kappa shape index (κ3) is 3.92. The highest BCUT2D eigenvalue weighted by molar-refractivity contribution is 7.19. The molecule has 4 heterocycles. The Morgan fingerprint density at radius 2 is 1.97 bits per heavy atom. The van der Waals surface area contributed by atoms with Gasteiger partial charge in [0.2, 0.25) is 4.96 Å². The molecular weight excluding hydrogens is 418 g/mol. The normalized spacial score (nSPS) is 14.3. The van der Waals surface area contributed by atoms with Crippen molar-refractivity contribution >= 4 is 28.1 Å². The molecule has 0 saturated carbocycles. The smallest absolute Gasteiger partial charge is 0.325 e. The number of nitrogens with one attached hydrogen (secondary N) is 1. The van der Waals surface area contributed by atoms with Crippen molar-refractivity contribution in [3.63, 3.8) is 0 Å². The number of hydrogen-bond donors (Lipinski definition) is 2. The lowest BCUT2D eigenvalue weighted by atomic mass is 10.1. The lowest BCUT2D eigenvalue weighted by Crippen LogP contribution is -2.44. The van der Waals surface area contributed by atoms with Crippen LogP contribution in [0, 0.1) is 0 Å². The standard InChI is InChI=1S/C20H19N7O3S/c28-17-9-16(25-6-4-21-5-7-25)23-20-27(17)24-19(31-20)14-3-1-2-13(8-14)15-10-22-26(11-15)12-18(29)30/h1-3,8-11,21H,4-7,12H2,(H,29,30). The van der Waals surface area contributed by atoms with Crippen molar-refractivity contribution in [3.8, 4) is 21.7 Å². The number of carboxylic acid groups (broad SMARTS) is 1. The van der Waals surface area contributed by atoms with Gasteiger partial charge in [0.1, 0.15) is 17.4 Å². The summed E-state index contributed by atoms with van der Waals surface area (Å²) in [6.07, 6.45) is 3.32. The highest BCUT2D eigenvalue weighted by Crippen LogP contribution is 2.29. The number of hydrogen-bond acceptors (Lipinski definition) is 8. The number of rotatable bonds is 5. The number of anilines is 1. The molecule has 0 unspecified atom stereocenters. The van der Waals surface area contributed by atoms with E-state index in [4.69, 9.17) is 5.11 Å². The van der Waals surface area contributed by atoms with Gasteiger partial charge < -0.3 is 15.3 Å². The van der Waals surface area contributed by atoms with Gasteiger partial charge >= 0.3 is 5.97 Å². The van der Waals surface area contributed by atoms with E-state index < -0.39 is 5.97 Å². The molecule has 1 aliphatic rings. The Labute approximate surface area is 180 Å². The fourth-order valence-electron chi connectivity index (χ4n) is 3.54. The van der Waals surface area contributed by atoms with Crippen LogP contribution < -0.4 is 15.8 Å². The average Bonchev–Trinajstić information content (AvgIpc) is 3.41. The first-order valence-corrected chi connectivity index (χ1v) is 10.6. The quantitative estimate of drug-likeness (QED) is 0.478. The Bertz CT molecular complexity index is 1320. The largest absolute Gasteiger partial charge is 0.480 e. The molecule has 11 heteroatoms. The molecule has 3 aromatic heterocycles. The number of fused-ring (bicyclic) bond motifs is 1. The molecule has 1 saturated heterocycles. The van der Waals surface area contributed by atoms with Crippen molar-refractivity contribution in [3.05, 3.63) is 53.1 Å². The Morgan fingerprint density at radius 3 is 2.77 bits per heavy atom. The van der Waals surface area contributed by atoms with Crippen LogP contribution in [0.2, 0.25) is 0 Å². The molecule has 0 amide bonds. The Morgan fingerprint density at radius 1 is 1.16 bits per heavy atom. The van der Waals surface area contributed by atoms with E-state index in [1.54, 1.807) is 12.4 Å². The first-order valence-electron chi connectivity index (χ1n) is 9.78. The maximum absolute atomic E-state index is 12.6. The minimum absolute atomic E-state index is 0.193. The molecule has 0 aliphatic carbocycles. The van der Waals surface area contributed by atoms with Crippen LogP contribution in [0.4, 0.5) is 5.82 Å². The first-order chi connectivity index (χ1) is 15.1. The summed E-state index contributed by atoms with van der Waals surface area (Å²) in [7, 11) is 0. The van der Waals surface area contributed by atoms with Gasteiger partial charge in [-0.1, -0.05) is 29.5 Å². The zero-order valence-electron chi connectivity index (χ0n) is 16.4.